The Hall–Kier alpha value is -1.58. The highest BCUT2D eigenvalue weighted by molar-refractivity contribution is 5.87. The molecule has 0 saturated heterocycles. The van der Waals surface area contributed by atoms with Gasteiger partial charge in [0, 0.05) is 11.1 Å². The smallest absolute Gasteiger partial charge is 0.333 e. The Bertz CT molecular complexity index is 409. The Labute approximate surface area is 134 Å². The van der Waals surface area contributed by atoms with Crippen LogP contribution < -0.4 is 0 Å². The number of rotatable bonds is 3. The molecule has 0 aromatic carbocycles. The van der Waals surface area contributed by atoms with Crippen LogP contribution in [0.3, 0.4) is 0 Å². The van der Waals surface area contributed by atoms with Crippen LogP contribution in [0.1, 0.15) is 66.7 Å². The molecule has 1 aliphatic carbocycles. The van der Waals surface area contributed by atoms with Crippen LogP contribution in [0.5, 0.6) is 0 Å². The van der Waals surface area contributed by atoms with E-state index in [0.717, 1.165) is 12.8 Å². The lowest BCUT2D eigenvalue weighted by molar-refractivity contribution is -0.149. The molecule has 0 aliphatic heterocycles. The topological polar surface area (TPSA) is 52.6 Å². The van der Waals surface area contributed by atoms with Crippen molar-refractivity contribution in [2.75, 3.05) is 0 Å². The maximum absolute atomic E-state index is 11.1. The number of hydrogen-bond acceptors (Lipinski definition) is 4. The summed E-state index contributed by atoms with van der Waals surface area (Å²) in [5.41, 5.74) is 0.534. The minimum absolute atomic E-state index is 0.156. The lowest BCUT2D eigenvalue weighted by atomic mass is 9.98. The third-order valence-electron chi connectivity index (χ3n) is 2.92. The molecule has 0 amide bonds. The van der Waals surface area contributed by atoms with Crippen molar-refractivity contribution < 1.29 is 19.1 Å². The van der Waals surface area contributed by atoms with E-state index >= 15 is 0 Å². The summed E-state index contributed by atoms with van der Waals surface area (Å²) in [6.45, 7) is 15.8. The van der Waals surface area contributed by atoms with E-state index in [1.807, 2.05) is 20.8 Å². The normalized spacial score (nSPS) is 15.1. The summed E-state index contributed by atoms with van der Waals surface area (Å²) >= 11 is 0. The maximum atomic E-state index is 11.1. The molecule has 4 nitrogen and oxygen atoms in total. The van der Waals surface area contributed by atoms with E-state index in [1.165, 1.54) is 19.3 Å². The van der Waals surface area contributed by atoms with Crippen molar-refractivity contribution in [3.8, 4) is 0 Å². The van der Waals surface area contributed by atoms with E-state index in [4.69, 9.17) is 9.47 Å². The zero-order chi connectivity index (χ0) is 17.3. The fourth-order valence-corrected chi connectivity index (χ4v) is 1.80. The van der Waals surface area contributed by atoms with Crippen molar-refractivity contribution in [2.45, 2.75) is 78.4 Å². The first-order chi connectivity index (χ1) is 10.0. The lowest BCUT2D eigenvalue weighted by Gasteiger charge is -2.21. The van der Waals surface area contributed by atoms with Gasteiger partial charge in [-0.05, 0) is 60.3 Å². The summed E-state index contributed by atoms with van der Waals surface area (Å²) < 4.78 is 10.2. The van der Waals surface area contributed by atoms with Crippen molar-refractivity contribution in [2.24, 2.45) is 0 Å². The highest BCUT2D eigenvalue weighted by Gasteiger charge is 2.17. The summed E-state index contributed by atoms with van der Waals surface area (Å²) in [4.78, 5) is 21.9. The Morgan fingerprint density at radius 3 is 1.68 bits per heavy atom. The van der Waals surface area contributed by atoms with Crippen molar-refractivity contribution in [3.63, 3.8) is 0 Å². The van der Waals surface area contributed by atoms with Gasteiger partial charge in [0.05, 0.1) is 0 Å². The van der Waals surface area contributed by atoms with Crippen molar-refractivity contribution in [1.82, 2.24) is 0 Å². The minimum Gasteiger partial charge on any atom is -0.459 e. The monoisotopic (exact) mass is 310 g/mol. The number of hydrogen-bond donors (Lipinski definition) is 0. The summed E-state index contributed by atoms with van der Waals surface area (Å²) in [7, 11) is 0. The molecule has 0 radical (unpaired) electrons. The average Bonchev–Trinajstić information content (AvgIpc) is 2.38. The zero-order valence-electron chi connectivity index (χ0n) is 14.7. The fourth-order valence-electron chi connectivity index (χ4n) is 1.80. The SMILES string of the molecule is C=C(C)C(=O)OC(C)(C)C.C=C(C)C(=O)OC1CCCCC1. The molecule has 0 aromatic heterocycles. The molecule has 0 aromatic rings. The Balaban J connectivity index is 0.000000409. The van der Waals surface area contributed by atoms with Crippen LogP contribution in [0.25, 0.3) is 0 Å². The van der Waals surface area contributed by atoms with Crippen molar-refractivity contribution in [3.05, 3.63) is 24.3 Å². The first kappa shape index (κ1) is 20.4. The summed E-state index contributed by atoms with van der Waals surface area (Å²) in [6.07, 6.45) is 5.87. The second-order valence-electron chi connectivity index (χ2n) is 6.73. The van der Waals surface area contributed by atoms with Gasteiger partial charge in [-0.15, -0.1) is 0 Å². The van der Waals surface area contributed by atoms with Gasteiger partial charge in [-0.2, -0.15) is 0 Å². The second kappa shape index (κ2) is 9.44. The van der Waals surface area contributed by atoms with Gasteiger partial charge in [-0.1, -0.05) is 19.6 Å². The van der Waals surface area contributed by atoms with E-state index in [2.05, 4.69) is 13.2 Å². The maximum Gasteiger partial charge on any atom is 0.333 e. The molecule has 126 valence electrons. The molecule has 1 fully saturated rings. The molecule has 0 unspecified atom stereocenters. The van der Waals surface area contributed by atoms with Crippen LogP contribution in [-0.4, -0.2) is 23.6 Å². The second-order valence-corrected chi connectivity index (χ2v) is 6.73. The van der Waals surface area contributed by atoms with Gasteiger partial charge in [0.15, 0.2) is 0 Å². The third-order valence-corrected chi connectivity index (χ3v) is 2.92. The predicted molar refractivity (Wildman–Crippen MR) is 88.4 cm³/mol. The largest absolute Gasteiger partial charge is 0.459 e. The zero-order valence-corrected chi connectivity index (χ0v) is 14.7. The number of esters is 2. The highest BCUT2D eigenvalue weighted by atomic mass is 16.6. The first-order valence-electron chi connectivity index (χ1n) is 7.78. The molecule has 1 aliphatic rings. The minimum atomic E-state index is -0.407. The highest BCUT2D eigenvalue weighted by Crippen LogP contribution is 2.20. The van der Waals surface area contributed by atoms with Crippen LogP contribution in [-0.2, 0) is 19.1 Å². The predicted octanol–water partition coefficient (Wildman–Crippen LogP) is 4.34. The van der Waals surface area contributed by atoms with Gasteiger partial charge in [-0.25, -0.2) is 9.59 Å². The van der Waals surface area contributed by atoms with Crippen LogP contribution in [0.15, 0.2) is 24.3 Å². The van der Waals surface area contributed by atoms with Gasteiger partial charge in [0.2, 0.25) is 0 Å². The molecule has 0 spiro atoms. The third kappa shape index (κ3) is 10.2. The van der Waals surface area contributed by atoms with Crippen molar-refractivity contribution >= 4 is 11.9 Å². The van der Waals surface area contributed by atoms with Crippen LogP contribution in [0.2, 0.25) is 0 Å². The van der Waals surface area contributed by atoms with Crippen LogP contribution in [0.4, 0.5) is 0 Å². The van der Waals surface area contributed by atoms with Gasteiger partial charge in [0.1, 0.15) is 11.7 Å². The van der Waals surface area contributed by atoms with E-state index < -0.39 is 5.60 Å². The summed E-state index contributed by atoms with van der Waals surface area (Å²) in [6, 6.07) is 0. The quantitative estimate of drug-likeness (QED) is 0.574. The molecule has 0 N–H and O–H groups in total. The fraction of sp³-hybridized carbons (Fsp3) is 0.667. The molecular formula is C18H30O4. The van der Waals surface area contributed by atoms with E-state index in [1.54, 1.807) is 13.8 Å². The molecule has 1 rings (SSSR count). The molecule has 4 heteroatoms. The van der Waals surface area contributed by atoms with Crippen LogP contribution in [0, 0.1) is 0 Å². The Kier molecular flexibility index (Phi) is 8.76. The van der Waals surface area contributed by atoms with Gasteiger partial charge in [0.25, 0.3) is 0 Å². The van der Waals surface area contributed by atoms with E-state index in [9.17, 15) is 9.59 Å². The Morgan fingerprint density at radius 2 is 1.36 bits per heavy atom. The molecule has 0 heterocycles. The van der Waals surface area contributed by atoms with Gasteiger partial charge in [-0.3, -0.25) is 0 Å². The van der Waals surface area contributed by atoms with E-state index in [-0.39, 0.29) is 18.0 Å². The Morgan fingerprint density at radius 1 is 0.909 bits per heavy atom. The average molecular weight is 310 g/mol. The number of carbonyl (C=O) groups excluding carboxylic acids is 2. The first-order valence-corrected chi connectivity index (χ1v) is 7.78. The summed E-state index contributed by atoms with van der Waals surface area (Å²) in [5, 5.41) is 0. The van der Waals surface area contributed by atoms with Gasteiger partial charge >= 0.3 is 11.9 Å². The number of carbonyl (C=O) groups is 2. The molecule has 0 atom stereocenters. The molecule has 0 bridgehead atoms. The number of ether oxygens (including phenoxy) is 2. The molecular weight excluding hydrogens is 280 g/mol. The lowest BCUT2D eigenvalue weighted by Crippen LogP contribution is -2.23. The van der Waals surface area contributed by atoms with Crippen molar-refractivity contribution in [1.29, 1.82) is 0 Å². The van der Waals surface area contributed by atoms with E-state index in [0.29, 0.717) is 11.1 Å². The molecule has 22 heavy (non-hydrogen) atoms. The molecule has 1 saturated carbocycles. The van der Waals surface area contributed by atoms with Gasteiger partial charge < -0.3 is 9.47 Å². The van der Waals surface area contributed by atoms with Crippen LogP contribution >= 0.6 is 0 Å². The standard InChI is InChI=1S/C10H16O2.C8H14O2/c1-8(2)10(11)12-9-6-4-3-5-7-9;1-6(2)7(9)10-8(3,4)5/h9H,1,3-7H2,2H3;1H2,2-5H3. The summed E-state index contributed by atoms with van der Waals surface area (Å²) in [5.74, 6) is -0.561.